The Morgan fingerprint density at radius 3 is 2.16 bits per heavy atom. The second-order valence-corrected chi connectivity index (χ2v) is 5.39. The Labute approximate surface area is 143 Å². The van der Waals surface area contributed by atoms with Crippen molar-refractivity contribution in [2.24, 2.45) is 0 Å². The van der Waals surface area contributed by atoms with Crippen LogP contribution in [0.2, 0.25) is 0 Å². The molecular formula is C18H17F3N2O2. The van der Waals surface area contributed by atoms with Crippen LogP contribution in [0.5, 0.6) is 0 Å². The van der Waals surface area contributed by atoms with Crippen molar-refractivity contribution >= 4 is 17.5 Å². The van der Waals surface area contributed by atoms with Gasteiger partial charge in [-0.3, -0.25) is 9.59 Å². The van der Waals surface area contributed by atoms with Crippen LogP contribution in [0.25, 0.3) is 0 Å². The van der Waals surface area contributed by atoms with Crippen molar-refractivity contribution < 1.29 is 22.8 Å². The predicted octanol–water partition coefficient (Wildman–Crippen LogP) is 2.82. The first-order valence-electron chi connectivity index (χ1n) is 7.61. The molecule has 0 aliphatic heterocycles. The van der Waals surface area contributed by atoms with E-state index >= 15 is 0 Å². The molecule has 2 rings (SSSR count). The van der Waals surface area contributed by atoms with E-state index < -0.39 is 29.0 Å². The number of anilines is 1. The predicted molar refractivity (Wildman–Crippen MR) is 87.5 cm³/mol. The highest BCUT2D eigenvalue weighted by atomic mass is 19.1. The third kappa shape index (κ3) is 5.07. The molecule has 2 aromatic carbocycles. The number of halogens is 3. The summed E-state index contributed by atoms with van der Waals surface area (Å²) in [5, 5.41) is 2.57. The van der Waals surface area contributed by atoms with Gasteiger partial charge in [0, 0.05) is 20.0 Å². The summed E-state index contributed by atoms with van der Waals surface area (Å²) in [6.45, 7) is 1.13. The molecule has 0 atom stereocenters. The Bertz CT molecular complexity index is 743. The third-order valence-electron chi connectivity index (χ3n) is 3.52. The molecule has 0 radical (unpaired) electrons. The van der Waals surface area contributed by atoms with Gasteiger partial charge in [0.2, 0.25) is 11.8 Å². The highest BCUT2D eigenvalue weighted by Crippen LogP contribution is 2.23. The van der Waals surface area contributed by atoms with Crippen molar-refractivity contribution in [1.29, 1.82) is 0 Å². The second-order valence-electron chi connectivity index (χ2n) is 5.39. The van der Waals surface area contributed by atoms with Gasteiger partial charge in [-0.05, 0) is 29.8 Å². The molecule has 2 amide bonds. The monoisotopic (exact) mass is 350 g/mol. The Morgan fingerprint density at radius 1 is 1.00 bits per heavy atom. The van der Waals surface area contributed by atoms with Crippen LogP contribution >= 0.6 is 0 Å². The molecule has 0 heterocycles. The maximum atomic E-state index is 13.8. The molecular weight excluding hydrogens is 333 g/mol. The van der Waals surface area contributed by atoms with Gasteiger partial charge in [-0.25, -0.2) is 13.2 Å². The van der Waals surface area contributed by atoms with Crippen LogP contribution in [0, 0.1) is 17.5 Å². The zero-order chi connectivity index (χ0) is 18.4. The van der Waals surface area contributed by atoms with Gasteiger partial charge in [0.15, 0.2) is 0 Å². The minimum absolute atomic E-state index is 0.0212. The molecule has 0 spiro atoms. The lowest BCUT2D eigenvalue weighted by molar-refractivity contribution is -0.121. The van der Waals surface area contributed by atoms with Gasteiger partial charge in [-0.15, -0.1) is 0 Å². The number of nitrogens with one attached hydrogen (secondary N) is 1. The molecule has 25 heavy (non-hydrogen) atoms. The zero-order valence-electron chi connectivity index (χ0n) is 13.6. The number of hydrogen-bond acceptors (Lipinski definition) is 2. The summed E-state index contributed by atoms with van der Waals surface area (Å²) in [7, 11) is 0. The van der Waals surface area contributed by atoms with Gasteiger partial charge in [0.05, 0.1) is 6.42 Å². The van der Waals surface area contributed by atoms with E-state index in [-0.39, 0.29) is 25.4 Å². The van der Waals surface area contributed by atoms with Crippen LogP contribution in [0.15, 0.2) is 42.5 Å². The van der Waals surface area contributed by atoms with Crippen molar-refractivity contribution in [3.05, 3.63) is 65.5 Å². The lowest BCUT2D eigenvalue weighted by Gasteiger charge is -2.22. The van der Waals surface area contributed by atoms with Crippen molar-refractivity contribution in [3.8, 4) is 0 Å². The zero-order valence-corrected chi connectivity index (χ0v) is 13.6. The number of rotatable bonds is 6. The molecule has 0 aliphatic rings. The first-order valence-corrected chi connectivity index (χ1v) is 7.61. The molecule has 1 N–H and O–H groups in total. The van der Waals surface area contributed by atoms with Crippen LogP contribution in [-0.2, 0) is 16.0 Å². The van der Waals surface area contributed by atoms with Crippen molar-refractivity contribution in [2.75, 3.05) is 18.0 Å². The maximum Gasteiger partial charge on any atom is 0.224 e. The Kier molecular flexibility index (Phi) is 6.16. The maximum absolute atomic E-state index is 13.8. The van der Waals surface area contributed by atoms with Crippen molar-refractivity contribution in [1.82, 2.24) is 5.32 Å². The van der Waals surface area contributed by atoms with E-state index in [9.17, 15) is 22.8 Å². The standard InChI is InChI=1S/C18H17F3N2O2/c1-12(24)23(18-15(20)3-2-4-16(18)21)10-9-22-17(25)11-13-5-7-14(19)8-6-13/h2-8H,9-11H2,1H3,(H,22,25). The lowest BCUT2D eigenvalue weighted by Crippen LogP contribution is -2.38. The van der Waals surface area contributed by atoms with Crippen molar-refractivity contribution in [2.45, 2.75) is 13.3 Å². The van der Waals surface area contributed by atoms with Gasteiger partial charge < -0.3 is 10.2 Å². The van der Waals surface area contributed by atoms with Crippen molar-refractivity contribution in [3.63, 3.8) is 0 Å². The lowest BCUT2D eigenvalue weighted by atomic mass is 10.1. The first-order chi connectivity index (χ1) is 11.9. The molecule has 2 aromatic rings. The smallest absolute Gasteiger partial charge is 0.224 e. The fourth-order valence-corrected chi connectivity index (χ4v) is 2.33. The number of nitrogens with zero attached hydrogens (tertiary/aromatic N) is 1. The fourth-order valence-electron chi connectivity index (χ4n) is 2.33. The summed E-state index contributed by atoms with van der Waals surface area (Å²) in [5.41, 5.74) is 0.185. The fraction of sp³-hybridized carbons (Fsp3) is 0.222. The summed E-state index contributed by atoms with van der Waals surface area (Å²) in [6.07, 6.45) is 0.0361. The molecule has 0 aliphatic carbocycles. The van der Waals surface area contributed by atoms with E-state index in [4.69, 9.17) is 0 Å². The normalized spacial score (nSPS) is 10.4. The summed E-state index contributed by atoms with van der Waals surface area (Å²) < 4.78 is 40.4. The summed E-state index contributed by atoms with van der Waals surface area (Å²) in [4.78, 5) is 24.5. The van der Waals surface area contributed by atoms with Crippen LogP contribution < -0.4 is 10.2 Å². The molecule has 0 aromatic heterocycles. The summed E-state index contributed by atoms with van der Waals surface area (Å²) >= 11 is 0. The highest BCUT2D eigenvalue weighted by Gasteiger charge is 2.20. The molecule has 0 saturated carbocycles. The van der Waals surface area contributed by atoms with E-state index in [1.807, 2.05) is 0 Å². The van der Waals surface area contributed by atoms with E-state index in [0.717, 1.165) is 17.0 Å². The topological polar surface area (TPSA) is 49.4 Å². The Balaban J connectivity index is 1.94. The minimum Gasteiger partial charge on any atom is -0.354 e. The van der Waals surface area contributed by atoms with Gasteiger partial charge in [-0.2, -0.15) is 0 Å². The molecule has 132 valence electrons. The Hall–Kier alpha value is -2.83. The van der Waals surface area contributed by atoms with Crippen LogP contribution in [0.4, 0.5) is 18.9 Å². The van der Waals surface area contributed by atoms with Crippen LogP contribution in [0.3, 0.4) is 0 Å². The number of hydrogen-bond donors (Lipinski definition) is 1. The molecule has 0 saturated heterocycles. The third-order valence-corrected chi connectivity index (χ3v) is 3.52. The van der Waals surface area contributed by atoms with E-state index in [1.54, 1.807) is 0 Å². The quantitative estimate of drug-likeness (QED) is 0.871. The van der Waals surface area contributed by atoms with Crippen LogP contribution in [-0.4, -0.2) is 24.9 Å². The SMILES string of the molecule is CC(=O)N(CCNC(=O)Cc1ccc(F)cc1)c1c(F)cccc1F. The summed E-state index contributed by atoms with van der Waals surface area (Å²) in [6, 6.07) is 8.80. The number of amides is 2. The van der Waals surface area contributed by atoms with E-state index in [1.165, 1.54) is 37.3 Å². The minimum atomic E-state index is -0.854. The van der Waals surface area contributed by atoms with Crippen LogP contribution in [0.1, 0.15) is 12.5 Å². The van der Waals surface area contributed by atoms with E-state index in [0.29, 0.717) is 5.56 Å². The number of carbonyl (C=O) groups excluding carboxylic acids is 2. The van der Waals surface area contributed by atoms with Gasteiger partial charge >= 0.3 is 0 Å². The van der Waals surface area contributed by atoms with Gasteiger partial charge in [0.25, 0.3) is 0 Å². The molecule has 7 heteroatoms. The van der Waals surface area contributed by atoms with E-state index in [2.05, 4.69) is 5.32 Å². The highest BCUT2D eigenvalue weighted by molar-refractivity contribution is 5.91. The average molecular weight is 350 g/mol. The molecule has 0 bridgehead atoms. The second kappa shape index (κ2) is 8.32. The average Bonchev–Trinajstić information content (AvgIpc) is 2.55. The largest absolute Gasteiger partial charge is 0.354 e. The number of benzene rings is 2. The van der Waals surface area contributed by atoms with Gasteiger partial charge in [0.1, 0.15) is 23.1 Å². The van der Waals surface area contributed by atoms with Gasteiger partial charge in [-0.1, -0.05) is 18.2 Å². The first kappa shape index (κ1) is 18.5. The number of carbonyl (C=O) groups is 2. The number of para-hydroxylation sites is 1. The molecule has 0 unspecified atom stereocenters. The Morgan fingerprint density at radius 2 is 1.60 bits per heavy atom. The summed E-state index contributed by atoms with van der Waals surface area (Å²) in [5.74, 6) is -2.99. The molecule has 0 fully saturated rings. The molecule has 4 nitrogen and oxygen atoms in total.